The van der Waals surface area contributed by atoms with Crippen molar-refractivity contribution in [1.29, 1.82) is 0 Å². The van der Waals surface area contributed by atoms with Crippen LogP contribution in [0.4, 0.5) is 11.4 Å². The molecule has 0 saturated heterocycles. The second-order valence-electron chi connectivity index (χ2n) is 5.09. The summed E-state index contributed by atoms with van der Waals surface area (Å²) in [6, 6.07) is 11.1. The number of hydrogen-bond donors (Lipinski definition) is 2. The molecule has 106 valence electrons. The van der Waals surface area contributed by atoms with Crippen LogP contribution in [0, 0.1) is 6.92 Å². The fraction of sp³-hybridized carbons (Fsp3) is 0.125. The van der Waals surface area contributed by atoms with Gasteiger partial charge in [-0.15, -0.1) is 0 Å². The van der Waals surface area contributed by atoms with Gasteiger partial charge in [-0.25, -0.2) is 0 Å². The standard InChI is InChI=1S/C16H16N4O/c1-10-3-6-13(14(17)7-10)16(21)19-12-5-4-11-9-18-20(2)15(11)8-12/h3-9H,17H2,1-2H3,(H,19,21). The third-order valence-corrected chi connectivity index (χ3v) is 3.46. The molecule has 0 saturated carbocycles. The summed E-state index contributed by atoms with van der Waals surface area (Å²) in [6.07, 6.45) is 1.79. The minimum absolute atomic E-state index is 0.214. The summed E-state index contributed by atoms with van der Waals surface area (Å²) in [6.45, 7) is 1.94. The summed E-state index contributed by atoms with van der Waals surface area (Å²) in [4.78, 5) is 12.3. The van der Waals surface area contributed by atoms with Gasteiger partial charge in [0.05, 0.1) is 17.3 Å². The van der Waals surface area contributed by atoms with E-state index in [2.05, 4.69) is 10.4 Å². The Labute approximate surface area is 122 Å². The lowest BCUT2D eigenvalue weighted by molar-refractivity contribution is 0.102. The van der Waals surface area contributed by atoms with Gasteiger partial charge in [0, 0.05) is 23.8 Å². The summed E-state index contributed by atoms with van der Waals surface area (Å²) in [7, 11) is 1.87. The number of anilines is 2. The zero-order valence-electron chi connectivity index (χ0n) is 11.9. The van der Waals surface area contributed by atoms with Crippen molar-refractivity contribution in [2.24, 2.45) is 7.05 Å². The van der Waals surface area contributed by atoms with Gasteiger partial charge in [-0.3, -0.25) is 9.48 Å². The molecule has 5 nitrogen and oxygen atoms in total. The summed E-state index contributed by atoms with van der Waals surface area (Å²) < 4.78 is 1.77. The third kappa shape index (κ3) is 2.45. The summed E-state index contributed by atoms with van der Waals surface area (Å²) in [5.74, 6) is -0.214. The number of nitrogens with one attached hydrogen (secondary N) is 1. The van der Waals surface area contributed by atoms with E-state index in [0.717, 1.165) is 22.2 Å². The van der Waals surface area contributed by atoms with Crippen molar-refractivity contribution in [3.8, 4) is 0 Å². The largest absolute Gasteiger partial charge is 0.398 e. The lowest BCUT2D eigenvalue weighted by Crippen LogP contribution is -2.14. The second kappa shape index (κ2) is 4.94. The van der Waals surface area contributed by atoms with E-state index in [4.69, 9.17) is 5.73 Å². The lowest BCUT2D eigenvalue weighted by atomic mass is 10.1. The Balaban J connectivity index is 1.90. The highest BCUT2D eigenvalue weighted by Gasteiger charge is 2.10. The van der Waals surface area contributed by atoms with Gasteiger partial charge in [-0.1, -0.05) is 6.07 Å². The molecule has 0 bridgehead atoms. The molecule has 3 N–H and O–H groups in total. The van der Waals surface area contributed by atoms with Gasteiger partial charge in [0.25, 0.3) is 5.91 Å². The van der Waals surface area contributed by atoms with Crippen molar-refractivity contribution in [2.75, 3.05) is 11.1 Å². The zero-order chi connectivity index (χ0) is 15.0. The molecule has 0 fully saturated rings. The Morgan fingerprint density at radius 1 is 1.24 bits per heavy atom. The number of aryl methyl sites for hydroxylation is 2. The fourth-order valence-corrected chi connectivity index (χ4v) is 2.31. The number of rotatable bonds is 2. The monoisotopic (exact) mass is 280 g/mol. The predicted octanol–water partition coefficient (Wildman–Crippen LogP) is 2.72. The molecule has 0 spiro atoms. The average Bonchev–Trinajstić information content (AvgIpc) is 2.80. The molecule has 5 heteroatoms. The van der Waals surface area contributed by atoms with Crippen molar-refractivity contribution in [3.05, 3.63) is 53.7 Å². The number of nitrogens with zero attached hydrogens (tertiary/aromatic N) is 2. The number of hydrogen-bond acceptors (Lipinski definition) is 3. The molecule has 0 aliphatic rings. The number of fused-ring (bicyclic) bond motifs is 1. The van der Waals surface area contributed by atoms with Crippen molar-refractivity contribution in [3.63, 3.8) is 0 Å². The summed E-state index contributed by atoms with van der Waals surface area (Å²) >= 11 is 0. The molecule has 21 heavy (non-hydrogen) atoms. The first-order valence-corrected chi connectivity index (χ1v) is 6.64. The molecule has 3 aromatic rings. The van der Waals surface area contributed by atoms with Gasteiger partial charge in [0.2, 0.25) is 0 Å². The van der Waals surface area contributed by atoms with Crippen LogP contribution in [0.1, 0.15) is 15.9 Å². The molecule has 0 atom stereocenters. The summed E-state index contributed by atoms with van der Waals surface area (Å²) in [5, 5.41) is 8.08. The van der Waals surface area contributed by atoms with E-state index in [0.29, 0.717) is 11.3 Å². The van der Waals surface area contributed by atoms with Gasteiger partial charge in [-0.2, -0.15) is 5.10 Å². The molecule has 1 aromatic heterocycles. The number of carbonyl (C=O) groups excluding carboxylic acids is 1. The quantitative estimate of drug-likeness (QED) is 0.709. The number of aromatic nitrogens is 2. The van der Waals surface area contributed by atoms with Crippen molar-refractivity contribution in [1.82, 2.24) is 9.78 Å². The van der Waals surface area contributed by atoms with E-state index in [9.17, 15) is 4.79 Å². The third-order valence-electron chi connectivity index (χ3n) is 3.46. The van der Waals surface area contributed by atoms with Crippen LogP contribution in [0.25, 0.3) is 10.9 Å². The molecule has 1 amide bonds. The topological polar surface area (TPSA) is 72.9 Å². The first kappa shape index (κ1) is 13.2. The van der Waals surface area contributed by atoms with Crippen LogP contribution >= 0.6 is 0 Å². The maximum atomic E-state index is 12.3. The Morgan fingerprint density at radius 2 is 2.05 bits per heavy atom. The maximum absolute atomic E-state index is 12.3. The maximum Gasteiger partial charge on any atom is 0.257 e. The first-order valence-electron chi connectivity index (χ1n) is 6.64. The number of nitrogen functional groups attached to an aromatic ring is 1. The van der Waals surface area contributed by atoms with Crippen LogP contribution in [-0.4, -0.2) is 15.7 Å². The van der Waals surface area contributed by atoms with Crippen molar-refractivity contribution in [2.45, 2.75) is 6.92 Å². The highest BCUT2D eigenvalue weighted by Crippen LogP contribution is 2.20. The Hall–Kier alpha value is -2.82. The van der Waals surface area contributed by atoms with Crippen molar-refractivity contribution >= 4 is 28.2 Å². The summed E-state index contributed by atoms with van der Waals surface area (Å²) in [5.41, 5.74) is 9.57. The number of amides is 1. The van der Waals surface area contributed by atoms with E-state index in [1.807, 2.05) is 38.2 Å². The second-order valence-corrected chi connectivity index (χ2v) is 5.09. The highest BCUT2D eigenvalue weighted by molar-refractivity contribution is 6.08. The molecule has 0 aliphatic carbocycles. The van der Waals surface area contributed by atoms with E-state index in [-0.39, 0.29) is 5.91 Å². The molecule has 0 radical (unpaired) electrons. The van der Waals surface area contributed by atoms with Gasteiger partial charge in [-0.05, 0) is 42.8 Å². The van der Waals surface area contributed by atoms with E-state index in [1.165, 1.54) is 0 Å². The molecule has 3 rings (SSSR count). The van der Waals surface area contributed by atoms with Crippen molar-refractivity contribution < 1.29 is 4.79 Å². The van der Waals surface area contributed by atoms with E-state index in [1.54, 1.807) is 23.0 Å². The molecular weight excluding hydrogens is 264 g/mol. The van der Waals surface area contributed by atoms with Crippen LogP contribution in [0.3, 0.4) is 0 Å². The molecule has 0 aliphatic heterocycles. The fourth-order valence-electron chi connectivity index (χ4n) is 2.31. The minimum atomic E-state index is -0.214. The number of nitrogens with two attached hydrogens (primary N) is 1. The van der Waals surface area contributed by atoms with Gasteiger partial charge >= 0.3 is 0 Å². The first-order chi connectivity index (χ1) is 10.0. The number of carbonyl (C=O) groups is 1. The SMILES string of the molecule is Cc1ccc(C(=O)Nc2ccc3cnn(C)c3c2)c(N)c1. The molecule has 2 aromatic carbocycles. The minimum Gasteiger partial charge on any atom is -0.398 e. The van der Waals surface area contributed by atoms with E-state index >= 15 is 0 Å². The Bertz CT molecular complexity index is 835. The zero-order valence-corrected chi connectivity index (χ0v) is 11.9. The highest BCUT2D eigenvalue weighted by atomic mass is 16.1. The van der Waals surface area contributed by atoms with Crippen LogP contribution in [-0.2, 0) is 7.05 Å². The van der Waals surface area contributed by atoms with E-state index < -0.39 is 0 Å². The van der Waals surface area contributed by atoms with Gasteiger partial charge in [0.1, 0.15) is 0 Å². The smallest absolute Gasteiger partial charge is 0.257 e. The van der Waals surface area contributed by atoms with Gasteiger partial charge in [0.15, 0.2) is 0 Å². The van der Waals surface area contributed by atoms with Crippen LogP contribution in [0.2, 0.25) is 0 Å². The van der Waals surface area contributed by atoms with Crippen LogP contribution in [0.5, 0.6) is 0 Å². The molecular formula is C16H16N4O. The predicted molar refractivity (Wildman–Crippen MR) is 84.3 cm³/mol. The average molecular weight is 280 g/mol. The molecule has 1 heterocycles. The number of benzene rings is 2. The normalized spacial score (nSPS) is 10.8. The van der Waals surface area contributed by atoms with Crippen LogP contribution in [0.15, 0.2) is 42.6 Å². The van der Waals surface area contributed by atoms with Crippen LogP contribution < -0.4 is 11.1 Å². The lowest BCUT2D eigenvalue weighted by Gasteiger charge is -2.08. The molecule has 0 unspecified atom stereocenters. The Kier molecular flexibility index (Phi) is 3.10. The van der Waals surface area contributed by atoms with Gasteiger partial charge < -0.3 is 11.1 Å². The Morgan fingerprint density at radius 3 is 2.81 bits per heavy atom.